The number of aryl methyl sites for hydroxylation is 1. The first kappa shape index (κ1) is 14.8. The number of hydrogen-bond acceptors (Lipinski definition) is 2. The monoisotopic (exact) mass is 276 g/mol. The standard InChI is InChI=1S/C16H24N2O2/c1-3-5-13-7-8-16(20)18(11-9-13)12-15(19)14-6-4-10-17(14)2/h4,6,10,13H,3,5,7-9,11-12H2,1-2H3. The fourth-order valence-electron chi connectivity index (χ4n) is 2.96. The number of ketones is 1. The van der Waals surface area contributed by atoms with Gasteiger partial charge in [0.15, 0.2) is 5.78 Å². The van der Waals surface area contributed by atoms with Crippen molar-refractivity contribution in [3.63, 3.8) is 0 Å². The normalized spacial score (nSPS) is 20.0. The molecule has 110 valence electrons. The van der Waals surface area contributed by atoms with E-state index in [-0.39, 0.29) is 18.2 Å². The van der Waals surface area contributed by atoms with Crippen molar-refractivity contribution < 1.29 is 9.59 Å². The molecule has 20 heavy (non-hydrogen) atoms. The molecule has 1 fully saturated rings. The van der Waals surface area contributed by atoms with E-state index in [9.17, 15) is 9.59 Å². The summed E-state index contributed by atoms with van der Waals surface area (Å²) in [6.07, 6.45) is 6.80. The fourth-order valence-corrected chi connectivity index (χ4v) is 2.96. The van der Waals surface area contributed by atoms with E-state index in [0.29, 0.717) is 18.0 Å². The van der Waals surface area contributed by atoms with Gasteiger partial charge in [0.25, 0.3) is 0 Å². The molecule has 0 spiro atoms. The third-order valence-electron chi connectivity index (χ3n) is 4.19. The second kappa shape index (κ2) is 6.73. The maximum Gasteiger partial charge on any atom is 0.222 e. The van der Waals surface area contributed by atoms with Gasteiger partial charge < -0.3 is 9.47 Å². The van der Waals surface area contributed by atoms with Gasteiger partial charge in [0, 0.05) is 26.2 Å². The van der Waals surface area contributed by atoms with Gasteiger partial charge in [-0.05, 0) is 30.9 Å². The summed E-state index contributed by atoms with van der Waals surface area (Å²) < 4.78 is 1.81. The van der Waals surface area contributed by atoms with E-state index in [1.807, 2.05) is 29.9 Å². The van der Waals surface area contributed by atoms with Crippen LogP contribution in [0.4, 0.5) is 0 Å². The molecule has 2 rings (SSSR count). The zero-order chi connectivity index (χ0) is 14.5. The van der Waals surface area contributed by atoms with Gasteiger partial charge in [-0.25, -0.2) is 0 Å². The van der Waals surface area contributed by atoms with Gasteiger partial charge >= 0.3 is 0 Å². The molecule has 4 heteroatoms. The Bertz CT molecular complexity index is 479. The van der Waals surface area contributed by atoms with Crippen molar-refractivity contribution in [1.29, 1.82) is 0 Å². The van der Waals surface area contributed by atoms with Crippen molar-refractivity contribution in [3.8, 4) is 0 Å². The molecule has 1 unspecified atom stereocenters. The molecule has 1 aliphatic heterocycles. The molecular weight excluding hydrogens is 252 g/mol. The molecule has 0 saturated carbocycles. The summed E-state index contributed by atoms with van der Waals surface area (Å²) in [5.74, 6) is 0.796. The minimum absolute atomic E-state index is 0.0276. The lowest BCUT2D eigenvalue weighted by molar-refractivity contribution is -0.130. The highest BCUT2D eigenvalue weighted by molar-refractivity contribution is 5.98. The molecule has 1 saturated heterocycles. The summed E-state index contributed by atoms with van der Waals surface area (Å²) in [5.41, 5.74) is 0.673. The smallest absolute Gasteiger partial charge is 0.222 e. The lowest BCUT2D eigenvalue weighted by Gasteiger charge is -2.20. The molecule has 4 nitrogen and oxygen atoms in total. The molecule has 1 aliphatic rings. The average molecular weight is 276 g/mol. The molecular formula is C16H24N2O2. The lowest BCUT2D eigenvalue weighted by Crippen LogP contribution is -2.35. The largest absolute Gasteiger partial charge is 0.348 e. The maximum atomic E-state index is 12.2. The first-order valence-corrected chi connectivity index (χ1v) is 7.54. The van der Waals surface area contributed by atoms with Crippen LogP contribution < -0.4 is 0 Å². The van der Waals surface area contributed by atoms with Gasteiger partial charge in [0.1, 0.15) is 0 Å². The van der Waals surface area contributed by atoms with Crippen molar-refractivity contribution in [2.75, 3.05) is 13.1 Å². The lowest BCUT2D eigenvalue weighted by atomic mass is 9.96. The zero-order valence-electron chi connectivity index (χ0n) is 12.5. The van der Waals surface area contributed by atoms with Gasteiger partial charge in [-0.2, -0.15) is 0 Å². The zero-order valence-corrected chi connectivity index (χ0v) is 12.5. The number of rotatable bonds is 5. The first-order valence-electron chi connectivity index (χ1n) is 7.54. The summed E-state index contributed by atoms with van der Waals surface area (Å²) >= 11 is 0. The van der Waals surface area contributed by atoms with Crippen LogP contribution in [0.15, 0.2) is 18.3 Å². The average Bonchev–Trinajstić information content (AvgIpc) is 2.78. The Labute approximate surface area is 120 Å². The molecule has 2 heterocycles. The van der Waals surface area contributed by atoms with Crippen LogP contribution >= 0.6 is 0 Å². The van der Waals surface area contributed by atoms with E-state index in [0.717, 1.165) is 19.4 Å². The van der Waals surface area contributed by atoms with Crippen molar-refractivity contribution in [1.82, 2.24) is 9.47 Å². The van der Waals surface area contributed by atoms with E-state index in [1.54, 1.807) is 4.90 Å². The van der Waals surface area contributed by atoms with Crippen LogP contribution in [-0.2, 0) is 11.8 Å². The Kier molecular flexibility index (Phi) is 4.99. The Morgan fingerprint density at radius 3 is 2.85 bits per heavy atom. The number of hydrogen-bond donors (Lipinski definition) is 0. The third-order valence-corrected chi connectivity index (χ3v) is 4.19. The second-order valence-electron chi connectivity index (χ2n) is 5.72. The van der Waals surface area contributed by atoms with E-state index < -0.39 is 0 Å². The van der Waals surface area contributed by atoms with Crippen LogP contribution in [0.5, 0.6) is 0 Å². The summed E-state index contributed by atoms with van der Waals surface area (Å²) in [4.78, 5) is 26.1. The Balaban J connectivity index is 1.96. The van der Waals surface area contributed by atoms with Gasteiger partial charge in [0.05, 0.1) is 12.2 Å². The van der Waals surface area contributed by atoms with Crippen molar-refractivity contribution in [2.45, 2.75) is 39.0 Å². The highest BCUT2D eigenvalue weighted by Crippen LogP contribution is 2.22. The van der Waals surface area contributed by atoms with Crippen LogP contribution in [0, 0.1) is 5.92 Å². The first-order chi connectivity index (χ1) is 9.61. The van der Waals surface area contributed by atoms with E-state index >= 15 is 0 Å². The van der Waals surface area contributed by atoms with E-state index in [1.165, 1.54) is 12.8 Å². The van der Waals surface area contributed by atoms with Gasteiger partial charge in [-0.15, -0.1) is 0 Å². The van der Waals surface area contributed by atoms with Crippen LogP contribution in [0.1, 0.15) is 49.5 Å². The topological polar surface area (TPSA) is 42.3 Å². The quantitative estimate of drug-likeness (QED) is 0.776. The third kappa shape index (κ3) is 3.50. The highest BCUT2D eigenvalue weighted by atomic mass is 16.2. The molecule has 1 aromatic rings. The minimum atomic E-state index is 0.0276. The minimum Gasteiger partial charge on any atom is -0.348 e. The van der Waals surface area contributed by atoms with Crippen molar-refractivity contribution >= 4 is 11.7 Å². The van der Waals surface area contributed by atoms with Gasteiger partial charge in [-0.1, -0.05) is 19.8 Å². The Hall–Kier alpha value is -1.58. The van der Waals surface area contributed by atoms with Crippen LogP contribution in [0.2, 0.25) is 0 Å². The predicted octanol–water partition coefficient (Wildman–Crippen LogP) is 2.64. The summed E-state index contributed by atoms with van der Waals surface area (Å²) in [5, 5.41) is 0. The number of aromatic nitrogens is 1. The van der Waals surface area contributed by atoms with Crippen LogP contribution in [0.3, 0.4) is 0 Å². The number of Topliss-reactive ketones (excluding diaryl/α,β-unsaturated/α-hetero) is 1. The predicted molar refractivity (Wildman–Crippen MR) is 78.6 cm³/mol. The number of likely N-dealkylation sites (tertiary alicyclic amines) is 1. The molecule has 0 radical (unpaired) electrons. The Morgan fingerprint density at radius 2 is 2.20 bits per heavy atom. The molecule has 1 atom stereocenters. The molecule has 0 aliphatic carbocycles. The fraction of sp³-hybridized carbons (Fsp3) is 0.625. The molecule has 0 N–H and O–H groups in total. The van der Waals surface area contributed by atoms with Crippen LogP contribution in [-0.4, -0.2) is 34.2 Å². The SMILES string of the molecule is CCCC1CCC(=O)N(CC(=O)c2cccn2C)CC1. The maximum absolute atomic E-state index is 12.2. The highest BCUT2D eigenvalue weighted by Gasteiger charge is 2.24. The Morgan fingerprint density at radius 1 is 1.40 bits per heavy atom. The van der Waals surface area contributed by atoms with Crippen molar-refractivity contribution in [3.05, 3.63) is 24.0 Å². The summed E-state index contributed by atoms with van der Waals surface area (Å²) in [7, 11) is 1.86. The summed E-state index contributed by atoms with van der Waals surface area (Å²) in [6, 6.07) is 3.67. The van der Waals surface area contributed by atoms with Crippen LogP contribution in [0.25, 0.3) is 0 Å². The van der Waals surface area contributed by atoms with Gasteiger partial charge in [0.2, 0.25) is 5.91 Å². The van der Waals surface area contributed by atoms with Crippen molar-refractivity contribution in [2.24, 2.45) is 13.0 Å². The second-order valence-corrected chi connectivity index (χ2v) is 5.72. The number of nitrogens with zero attached hydrogens (tertiary/aromatic N) is 2. The number of carbonyl (C=O) groups is 2. The number of amides is 1. The van der Waals surface area contributed by atoms with Gasteiger partial charge in [-0.3, -0.25) is 9.59 Å². The van der Waals surface area contributed by atoms with E-state index in [2.05, 4.69) is 6.92 Å². The molecule has 0 aromatic carbocycles. The van der Waals surface area contributed by atoms with E-state index in [4.69, 9.17) is 0 Å². The summed E-state index contributed by atoms with van der Waals surface area (Å²) in [6.45, 7) is 3.12. The molecule has 0 bridgehead atoms. The number of carbonyl (C=O) groups excluding carboxylic acids is 2. The molecule has 1 amide bonds. The molecule has 1 aromatic heterocycles.